The molecular weight excluding hydrogens is 468 g/mol. The van der Waals surface area contributed by atoms with E-state index in [1.165, 1.54) is 16.7 Å². The average Bonchev–Trinajstić information content (AvgIpc) is 3.50. The number of fused-ring (bicyclic) bond motifs is 6. The van der Waals surface area contributed by atoms with Crippen molar-refractivity contribution in [1.82, 2.24) is 19.5 Å². The van der Waals surface area contributed by atoms with Crippen molar-refractivity contribution >= 4 is 39.7 Å². The Morgan fingerprint density at radius 2 is 1.45 bits per heavy atom. The number of allylic oxidation sites excluding steroid dienone is 1. The van der Waals surface area contributed by atoms with E-state index < -0.39 is 0 Å². The van der Waals surface area contributed by atoms with Crippen molar-refractivity contribution < 1.29 is 0 Å². The van der Waals surface area contributed by atoms with Gasteiger partial charge in [0.15, 0.2) is 0 Å². The highest BCUT2D eigenvalue weighted by Gasteiger charge is 2.39. The number of dihydropyridines is 1. The van der Waals surface area contributed by atoms with Crippen LogP contribution in [0.25, 0.3) is 38.9 Å². The summed E-state index contributed by atoms with van der Waals surface area (Å²) in [4.78, 5) is 21.0. The molecule has 0 radical (unpaired) electrons. The zero-order valence-electron chi connectivity index (χ0n) is 20.4. The molecule has 4 aromatic heterocycles. The van der Waals surface area contributed by atoms with Gasteiger partial charge in [0.2, 0.25) is 0 Å². The predicted molar refractivity (Wildman–Crippen MR) is 152 cm³/mol. The molecule has 0 amide bonds. The maximum atomic E-state index is 4.83. The van der Waals surface area contributed by atoms with Crippen molar-refractivity contribution in [3.8, 4) is 16.9 Å². The third kappa shape index (κ3) is 3.07. The van der Waals surface area contributed by atoms with Gasteiger partial charge in [-0.3, -0.25) is 9.56 Å². The topological polar surface area (TPSA) is 59.2 Å². The molecule has 0 bridgehead atoms. The van der Waals surface area contributed by atoms with E-state index in [9.17, 15) is 0 Å². The summed E-state index contributed by atoms with van der Waals surface area (Å²) < 4.78 is 2.14. The number of rotatable bonds is 3. The maximum absolute atomic E-state index is 4.83. The predicted octanol–water partition coefficient (Wildman–Crippen LogP) is 6.84. The van der Waals surface area contributed by atoms with Crippen LogP contribution in [0.3, 0.4) is 0 Å². The first kappa shape index (κ1) is 21.0. The second-order valence-corrected chi connectivity index (χ2v) is 9.58. The van der Waals surface area contributed by atoms with E-state index in [1.54, 1.807) is 0 Å². The van der Waals surface area contributed by atoms with Crippen molar-refractivity contribution in [2.24, 2.45) is 4.99 Å². The van der Waals surface area contributed by atoms with Crippen molar-refractivity contribution in [2.75, 3.05) is 4.90 Å². The van der Waals surface area contributed by atoms with Crippen molar-refractivity contribution in [2.45, 2.75) is 12.1 Å². The molecule has 0 aliphatic carbocycles. The fraction of sp³-hybridized carbons (Fsp3) is 0.0625. The Bertz CT molecular complexity index is 1890. The van der Waals surface area contributed by atoms with Gasteiger partial charge in [0.1, 0.15) is 23.4 Å². The zero-order chi connectivity index (χ0) is 25.1. The number of nitrogens with zero attached hydrogens (tertiary/aromatic N) is 6. The molecule has 2 unspecified atom stereocenters. The highest BCUT2D eigenvalue weighted by Crippen LogP contribution is 2.48. The van der Waals surface area contributed by atoms with Gasteiger partial charge in [-0.15, -0.1) is 0 Å². The molecule has 0 saturated carbocycles. The minimum Gasteiger partial charge on any atom is -0.302 e. The first-order chi connectivity index (χ1) is 18.9. The standard InChI is InChI=1S/C32H22N6/c1-3-15-33-29(9-1)37-27-13-11-21(19-25(27)23-7-5-17-35-31(23)37)22-12-14-28-26(20-22)24-8-6-18-36-32(24)38(28)30-10-2-4-16-34-30/h1-20,23,31H. The van der Waals surface area contributed by atoms with Gasteiger partial charge >= 0.3 is 0 Å². The van der Waals surface area contributed by atoms with Crippen LogP contribution in [0.1, 0.15) is 11.5 Å². The number of aliphatic imine (C=N–C) groups is 1. The molecule has 8 rings (SSSR count). The van der Waals surface area contributed by atoms with Crippen LogP contribution in [-0.2, 0) is 0 Å². The highest BCUT2D eigenvalue weighted by molar-refractivity contribution is 6.09. The van der Waals surface area contributed by atoms with Crippen LogP contribution in [0.15, 0.2) is 121 Å². The van der Waals surface area contributed by atoms with Crippen LogP contribution >= 0.6 is 0 Å². The first-order valence-corrected chi connectivity index (χ1v) is 12.7. The van der Waals surface area contributed by atoms with Gasteiger partial charge in [-0.25, -0.2) is 15.0 Å². The van der Waals surface area contributed by atoms with E-state index in [0.29, 0.717) is 0 Å². The van der Waals surface area contributed by atoms with Crippen LogP contribution in [0, 0.1) is 0 Å². The van der Waals surface area contributed by atoms with Crippen molar-refractivity contribution in [1.29, 1.82) is 0 Å². The molecule has 2 aliphatic rings. The number of aromatic nitrogens is 4. The van der Waals surface area contributed by atoms with Gasteiger partial charge in [0.05, 0.1) is 5.52 Å². The average molecular weight is 491 g/mol. The molecule has 0 spiro atoms. The summed E-state index contributed by atoms with van der Waals surface area (Å²) in [5, 5.41) is 2.27. The monoisotopic (exact) mass is 490 g/mol. The summed E-state index contributed by atoms with van der Waals surface area (Å²) in [6, 6.07) is 29.5. The van der Waals surface area contributed by atoms with Crippen LogP contribution < -0.4 is 4.90 Å². The molecule has 6 aromatic rings. The third-order valence-electron chi connectivity index (χ3n) is 7.51. The molecular formula is C32H22N6. The van der Waals surface area contributed by atoms with Gasteiger partial charge in [0, 0.05) is 47.2 Å². The van der Waals surface area contributed by atoms with E-state index in [-0.39, 0.29) is 12.1 Å². The molecule has 6 heterocycles. The van der Waals surface area contributed by atoms with Gasteiger partial charge in [-0.1, -0.05) is 30.3 Å². The minimum absolute atomic E-state index is 0.0231. The van der Waals surface area contributed by atoms with Crippen LogP contribution in [-0.4, -0.2) is 31.9 Å². The van der Waals surface area contributed by atoms with Gasteiger partial charge in [-0.2, -0.15) is 0 Å². The molecule has 38 heavy (non-hydrogen) atoms. The summed E-state index contributed by atoms with van der Waals surface area (Å²) >= 11 is 0. The zero-order valence-corrected chi connectivity index (χ0v) is 20.4. The molecule has 180 valence electrons. The van der Waals surface area contributed by atoms with Crippen LogP contribution in [0.5, 0.6) is 0 Å². The fourth-order valence-electron chi connectivity index (χ4n) is 5.85. The molecule has 2 atom stereocenters. The normalized spacial score (nSPS) is 17.7. The lowest BCUT2D eigenvalue weighted by molar-refractivity contribution is 0.654. The Labute approximate surface area is 219 Å². The molecule has 0 fully saturated rings. The maximum Gasteiger partial charge on any atom is 0.146 e. The fourth-order valence-corrected chi connectivity index (χ4v) is 5.85. The van der Waals surface area contributed by atoms with Crippen molar-refractivity contribution in [3.63, 3.8) is 0 Å². The summed E-state index contributed by atoms with van der Waals surface area (Å²) in [5.74, 6) is 1.95. The van der Waals surface area contributed by atoms with Gasteiger partial charge < -0.3 is 4.90 Å². The SMILES string of the molecule is C1=CC2c3cc(-c4ccc5c(c4)c4cccnc4n5-c4ccccn4)ccc3N(c3ccccn3)C2N=C1. The Hall–Kier alpha value is -5.10. The lowest BCUT2D eigenvalue weighted by atomic mass is 9.93. The molecule has 0 saturated heterocycles. The smallest absolute Gasteiger partial charge is 0.146 e. The van der Waals surface area contributed by atoms with Crippen LogP contribution in [0.4, 0.5) is 11.5 Å². The quantitative estimate of drug-likeness (QED) is 0.273. The summed E-state index contributed by atoms with van der Waals surface area (Å²) in [7, 11) is 0. The lowest BCUT2D eigenvalue weighted by Gasteiger charge is -2.26. The Balaban J connectivity index is 1.29. The number of pyridine rings is 3. The minimum atomic E-state index is -0.0231. The Morgan fingerprint density at radius 1 is 0.658 bits per heavy atom. The summed E-state index contributed by atoms with van der Waals surface area (Å²) in [6.45, 7) is 0. The lowest BCUT2D eigenvalue weighted by Crippen LogP contribution is -2.29. The van der Waals surface area contributed by atoms with Gasteiger partial charge in [0.25, 0.3) is 0 Å². The second kappa shape index (κ2) is 8.21. The molecule has 2 aromatic carbocycles. The summed E-state index contributed by atoms with van der Waals surface area (Å²) in [5.41, 5.74) is 6.77. The van der Waals surface area contributed by atoms with Crippen LogP contribution in [0.2, 0.25) is 0 Å². The van der Waals surface area contributed by atoms with E-state index in [4.69, 9.17) is 9.98 Å². The Kier molecular flexibility index (Phi) is 4.54. The molecule has 2 aliphatic heterocycles. The Morgan fingerprint density at radius 3 is 2.29 bits per heavy atom. The molecule has 6 heteroatoms. The first-order valence-electron chi connectivity index (χ1n) is 12.7. The number of benzene rings is 2. The van der Waals surface area contributed by atoms with Gasteiger partial charge in [-0.05, 0) is 83.4 Å². The third-order valence-corrected chi connectivity index (χ3v) is 7.51. The number of hydrogen-bond acceptors (Lipinski definition) is 5. The second-order valence-electron chi connectivity index (χ2n) is 9.58. The largest absolute Gasteiger partial charge is 0.302 e. The highest BCUT2D eigenvalue weighted by atomic mass is 15.3. The number of hydrogen-bond donors (Lipinski definition) is 0. The summed E-state index contributed by atoms with van der Waals surface area (Å²) in [6.07, 6.45) is 11.7. The number of anilines is 2. The molecule has 0 N–H and O–H groups in total. The molecule has 6 nitrogen and oxygen atoms in total. The van der Waals surface area contributed by atoms with E-state index in [0.717, 1.165) is 39.3 Å². The van der Waals surface area contributed by atoms with Crippen molar-refractivity contribution in [3.05, 3.63) is 121 Å². The van der Waals surface area contributed by atoms with E-state index in [1.807, 2.05) is 73.3 Å². The van der Waals surface area contributed by atoms with E-state index >= 15 is 0 Å². The van der Waals surface area contributed by atoms with E-state index in [2.05, 4.69) is 68.0 Å².